The lowest BCUT2D eigenvalue weighted by Crippen LogP contribution is -2.15. The first-order chi connectivity index (χ1) is 12.5. The molecule has 0 amide bonds. The summed E-state index contributed by atoms with van der Waals surface area (Å²) in [6.07, 6.45) is 1.73. The number of nitrogens with zero attached hydrogens (tertiary/aromatic N) is 1. The van der Waals surface area contributed by atoms with Crippen LogP contribution >= 0.6 is 0 Å². The van der Waals surface area contributed by atoms with Gasteiger partial charge in [0.05, 0.1) is 13.7 Å². The van der Waals surface area contributed by atoms with E-state index in [1.54, 1.807) is 6.20 Å². The van der Waals surface area contributed by atoms with Gasteiger partial charge in [0.25, 0.3) is 0 Å². The molecule has 1 heterocycles. The molecule has 2 aromatic rings. The molecule has 6 heteroatoms. The maximum Gasteiger partial charge on any atom is 0.343 e. The zero-order valence-corrected chi connectivity index (χ0v) is 15.8. The molecule has 0 radical (unpaired) electrons. The summed E-state index contributed by atoms with van der Waals surface area (Å²) in [7, 11) is 1.35. The maximum absolute atomic E-state index is 11.3. The molecule has 1 aromatic heterocycles. The number of ether oxygens (including phenoxy) is 3. The van der Waals surface area contributed by atoms with Gasteiger partial charge in [-0.3, -0.25) is 0 Å². The fourth-order valence-corrected chi connectivity index (χ4v) is 2.73. The number of benzene rings is 1. The van der Waals surface area contributed by atoms with Crippen LogP contribution in [0.4, 0.5) is 0 Å². The van der Waals surface area contributed by atoms with E-state index in [0.29, 0.717) is 25.6 Å². The fraction of sp³-hybridized carbons (Fsp3) is 0.400. The van der Waals surface area contributed by atoms with E-state index >= 15 is 0 Å². The molecule has 0 aliphatic carbocycles. The van der Waals surface area contributed by atoms with Crippen LogP contribution in [0.5, 0.6) is 11.6 Å². The van der Waals surface area contributed by atoms with Crippen LogP contribution in [0.1, 0.15) is 29.2 Å². The smallest absolute Gasteiger partial charge is 0.343 e. The van der Waals surface area contributed by atoms with Crippen LogP contribution in [0.2, 0.25) is 0 Å². The summed E-state index contributed by atoms with van der Waals surface area (Å²) in [5.74, 6) is 1.00. The summed E-state index contributed by atoms with van der Waals surface area (Å²) >= 11 is 0. The zero-order valence-electron chi connectivity index (χ0n) is 15.8. The topological polar surface area (TPSA) is 69.7 Å². The highest BCUT2D eigenvalue weighted by Crippen LogP contribution is 2.25. The molecular weight excluding hydrogens is 332 g/mol. The quantitative estimate of drug-likeness (QED) is 0.695. The summed E-state index contributed by atoms with van der Waals surface area (Å²) in [4.78, 5) is 15.5. The Bertz CT molecular complexity index is 723. The number of aromatic nitrogens is 1. The molecule has 1 aromatic carbocycles. The normalized spacial score (nSPS) is 10.5. The minimum Gasteiger partial charge on any atom is -0.481 e. The van der Waals surface area contributed by atoms with Crippen molar-refractivity contribution in [1.82, 2.24) is 10.3 Å². The number of carbonyl (C=O) groups excluding carboxylic acids is 1. The van der Waals surface area contributed by atoms with E-state index in [-0.39, 0.29) is 6.61 Å². The van der Waals surface area contributed by atoms with Gasteiger partial charge in [-0.15, -0.1) is 0 Å². The highest BCUT2D eigenvalue weighted by molar-refractivity contribution is 5.71. The highest BCUT2D eigenvalue weighted by Gasteiger charge is 2.10. The number of hydrogen-bond acceptors (Lipinski definition) is 6. The molecule has 0 saturated carbocycles. The minimum atomic E-state index is -0.392. The second-order valence-corrected chi connectivity index (χ2v) is 5.93. The van der Waals surface area contributed by atoms with Crippen LogP contribution in [0.25, 0.3) is 0 Å². The average Bonchev–Trinajstić information content (AvgIpc) is 2.62. The first-order valence-corrected chi connectivity index (χ1v) is 8.62. The van der Waals surface area contributed by atoms with Crippen molar-refractivity contribution < 1.29 is 19.0 Å². The Morgan fingerprint density at radius 2 is 1.88 bits per heavy atom. The van der Waals surface area contributed by atoms with E-state index in [0.717, 1.165) is 28.0 Å². The van der Waals surface area contributed by atoms with Gasteiger partial charge < -0.3 is 19.5 Å². The van der Waals surface area contributed by atoms with Gasteiger partial charge in [-0.2, -0.15) is 0 Å². The predicted molar refractivity (Wildman–Crippen MR) is 99.4 cm³/mol. The number of pyridine rings is 1. The Hall–Kier alpha value is -2.60. The molecular formula is C20H26N2O4. The van der Waals surface area contributed by atoms with Gasteiger partial charge in [0.2, 0.25) is 5.88 Å². The molecule has 0 unspecified atom stereocenters. The van der Waals surface area contributed by atoms with Crippen molar-refractivity contribution >= 4 is 5.97 Å². The van der Waals surface area contributed by atoms with Crippen molar-refractivity contribution in [2.24, 2.45) is 0 Å². The third-order valence-electron chi connectivity index (χ3n) is 3.86. The summed E-state index contributed by atoms with van der Waals surface area (Å²) in [6, 6.07) is 8.02. The summed E-state index contributed by atoms with van der Waals surface area (Å²) in [6.45, 7) is 7.77. The van der Waals surface area contributed by atoms with Gasteiger partial charge in [0.1, 0.15) is 5.75 Å². The predicted octanol–water partition coefficient (Wildman–Crippen LogP) is 2.94. The Morgan fingerprint density at radius 1 is 1.15 bits per heavy atom. The van der Waals surface area contributed by atoms with E-state index < -0.39 is 5.97 Å². The second kappa shape index (κ2) is 9.77. The van der Waals surface area contributed by atoms with Crippen LogP contribution in [-0.4, -0.2) is 31.3 Å². The van der Waals surface area contributed by atoms with Crippen LogP contribution in [0.15, 0.2) is 30.5 Å². The lowest BCUT2D eigenvalue weighted by molar-refractivity contribution is -0.142. The minimum absolute atomic E-state index is 0.0863. The van der Waals surface area contributed by atoms with Gasteiger partial charge in [-0.1, -0.05) is 18.2 Å². The molecule has 140 valence electrons. The van der Waals surface area contributed by atoms with Crippen molar-refractivity contribution in [3.8, 4) is 11.6 Å². The Balaban J connectivity index is 1.97. The number of nitrogens with one attached hydrogen (secondary N) is 1. The first kappa shape index (κ1) is 19.7. The molecule has 0 fully saturated rings. The molecule has 6 nitrogen and oxygen atoms in total. The average molecular weight is 358 g/mol. The second-order valence-electron chi connectivity index (χ2n) is 5.93. The van der Waals surface area contributed by atoms with Crippen molar-refractivity contribution in [1.29, 1.82) is 0 Å². The molecule has 0 atom stereocenters. The maximum atomic E-state index is 11.3. The number of esters is 1. The van der Waals surface area contributed by atoms with Crippen molar-refractivity contribution in [2.75, 3.05) is 20.3 Å². The van der Waals surface area contributed by atoms with Crippen LogP contribution < -0.4 is 14.8 Å². The summed E-state index contributed by atoms with van der Waals surface area (Å²) in [5.41, 5.74) is 4.15. The van der Waals surface area contributed by atoms with E-state index in [1.165, 1.54) is 7.11 Å². The van der Waals surface area contributed by atoms with E-state index in [4.69, 9.17) is 9.47 Å². The van der Waals surface area contributed by atoms with Crippen molar-refractivity contribution in [3.63, 3.8) is 0 Å². The van der Waals surface area contributed by atoms with Gasteiger partial charge >= 0.3 is 5.97 Å². The molecule has 0 spiro atoms. The highest BCUT2D eigenvalue weighted by atomic mass is 16.6. The lowest BCUT2D eigenvalue weighted by atomic mass is 10.1. The summed E-state index contributed by atoms with van der Waals surface area (Å²) < 4.78 is 15.7. The molecule has 0 bridgehead atoms. The fourth-order valence-electron chi connectivity index (χ4n) is 2.73. The largest absolute Gasteiger partial charge is 0.481 e. The van der Waals surface area contributed by atoms with Gasteiger partial charge in [0, 0.05) is 24.8 Å². The standard InChI is InChI=1S/C20H26N2O4/c1-5-25-20-17(7-6-8-22-20)12-21-11-16-9-14(2)19(15(3)10-16)26-13-18(23)24-4/h6-10,21H,5,11-13H2,1-4H3. The van der Waals surface area contributed by atoms with Crippen LogP contribution in [-0.2, 0) is 22.6 Å². The number of hydrogen-bond donors (Lipinski definition) is 1. The Morgan fingerprint density at radius 3 is 2.54 bits per heavy atom. The number of carbonyl (C=O) groups is 1. The SMILES string of the molecule is CCOc1ncccc1CNCc1cc(C)c(OCC(=O)OC)c(C)c1. The van der Waals surface area contributed by atoms with Crippen LogP contribution in [0, 0.1) is 13.8 Å². The molecule has 2 rings (SSSR count). The van der Waals surface area contributed by atoms with E-state index in [2.05, 4.69) is 27.2 Å². The number of rotatable bonds is 9. The number of methoxy groups -OCH3 is 1. The number of aryl methyl sites for hydroxylation is 2. The van der Waals surface area contributed by atoms with Crippen LogP contribution in [0.3, 0.4) is 0 Å². The Labute approximate surface area is 154 Å². The summed E-state index contributed by atoms with van der Waals surface area (Å²) in [5, 5.41) is 3.42. The monoisotopic (exact) mass is 358 g/mol. The van der Waals surface area contributed by atoms with Gasteiger partial charge in [-0.05, 0) is 43.5 Å². The lowest BCUT2D eigenvalue weighted by Gasteiger charge is -2.14. The third-order valence-corrected chi connectivity index (χ3v) is 3.86. The molecule has 0 aliphatic rings. The molecule has 1 N–H and O–H groups in total. The third kappa shape index (κ3) is 5.46. The first-order valence-electron chi connectivity index (χ1n) is 8.62. The van der Waals surface area contributed by atoms with Gasteiger partial charge in [-0.25, -0.2) is 9.78 Å². The molecule has 0 saturated heterocycles. The Kier molecular flexibility index (Phi) is 7.41. The van der Waals surface area contributed by atoms with Gasteiger partial charge in [0.15, 0.2) is 6.61 Å². The van der Waals surface area contributed by atoms with Crippen molar-refractivity contribution in [3.05, 3.63) is 52.7 Å². The zero-order chi connectivity index (χ0) is 18.9. The molecule has 0 aliphatic heterocycles. The van der Waals surface area contributed by atoms with Crippen molar-refractivity contribution in [2.45, 2.75) is 33.9 Å². The van der Waals surface area contributed by atoms with E-state index in [9.17, 15) is 4.79 Å². The molecule has 26 heavy (non-hydrogen) atoms. The van der Waals surface area contributed by atoms with E-state index in [1.807, 2.05) is 32.9 Å².